The number of hydrogen-bond acceptors (Lipinski definition) is 1. The van der Waals surface area contributed by atoms with Gasteiger partial charge in [0.15, 0.2) is 5.78 Å². The number of fused-ring (bicyclic) bond motifs is 1. The monoisotopic (exact) mass is 278 g/mol. The molecule has 104 valence electrons. The molecule has 0 aromatic heterocycles. The number of Topliss-reactive ketones (excluding diaryl/α,β-unsaturated/α-hetero) is 1. The average Bonchev–Trinajstić information content (AvgIpc) is 2.50. The molecule has 0 aliphatic rings. The summed E-state index contributed by atoms with van der Waals surface area (Å²) in [5.74, 6) is -0.272. The second-order valence-corrected chi connectivity index (χ2v) is 5.20. The van der Waals surface area contributed by atoms with Gasteiger partial charge < -0.3 is 0 Å². The molecule has 1 nitrogen and oxygen atoms in total. The van der Waals surface area contributed by atoms with Crippen LogP contribution in [0.4, 0.5) is 4.39 Å². The van der Waals surface area contributed by atoms with Gasteiger partial charge in [0.25, 0.3) is 0 Å². The van der Waals surface area contributed by atoms with Gasteiger partial charge in [0, 0.05) is 12.0 Å². The highest BCUT2D eigenvalue weighted by Crippen LogP contribution is 2.20. The standard InChI is InChI=1S/C19H15FO/c1-13-11-16(9-10-18(13)20)19(21)12-15-7-4-6-14-5-2-3-8-17(14)15/h2-11H,12H2,1H3. The first-order chi connectivity index (χ1) is 10.1. The first-order valence-electron chi connectivity index (χ1n) is 6.91. The van der Waals surface area contributed by atoms with Crippen LogP contribution in [0.15, 0.2) is 60.7 Å². The molecule has 0 saturated carbocycles. The zero-order valence-electron chi connectivity index (χ0n) is 11.8. The molecule has 0 saturated heterocycles. The molecule has 0 heterocycles. The Morgan fingerprint density at radius 1 is 1.00 bits per heavy atom. The van der Waals surface area contributed by atoms with Crippen molar-refractivity contribution in [3.05, 3.63) is 83.2 Å². The van der Waals surface area contributed by atoms with Crippen molar-refractivity contribution in [1.82, 2.24) is 0 Å². The predicted octanol–water partition coefficient (Wildman–Crippen LogP) is 4.71. The number of halogens is 1. The topological polar surface area (TPSA) is 17.1 Å². The molecule has 0 radical (unpaired) electrons. The lowest BCUT2D eigenvalue weighted by Gasteiger charge is -2.07. The molecule has 0 fully saturated rings. The molecule has 3 aromatic rings. The van der Waals surface area contributed by atoms with Crippen LogP contribution in [-0.4, -0.2) is 5.78 Å². The van der Waals surface area contributed by atoms with E-state index in [4.69, 9.17) is 0 Å². The van der Waals surface area contributed by atoms with E-state index in [0.29, 0.717) is 17.5 Å². The van der Waals surface area contributed by atoms with Gasteiger partial charge in [0.2, 0.25) is 0 Å². The van der Waals surface area contributed by atoms with Gasteiger partial charge in [-0.3, -0.25) is 4.79 Å². The molecule has 0 amide bonds. The highest BCUT2D eigenvalue weighted by Gasteiger charge is 2.10. The first kappa shape index (κ1) is 13.5. The Balaban J connectivity index is 1.94. The van der Waals surface area contributed by atoms with Crippen molar-refractivity contribution >= 4 is 16.6 Å². The maximum atomic E-state index is 13.3. The quantitative estimate of drug-likeness (QED) is 0.634. The van der Waals surface area contributed by atoms with Crippen molar-refractivity contribution < 1.29 is 9.18 Å². The van der Waals surface area contributed by atoms with Crippen molar-refractivity contribution in [2.24, 2.45) is 0 Å². The van der Waals surface area contributed by atoms with Crippen molar-refractivity contribution in [2.45, 2.75) is 13.3 Å². The van der Waals surface area contributed by atoms with Crippen LogP contribution in [0.25, 0.3) is 10.8 Å². The Labute approximate surface area is 123 Å². The van der Waals surface area contributed by atoms with E-state index in [9.17, 15) is 9.18 Å². The van der Waals surface area contributed by atoms with Gasteiger partial charge in [0.1, 0.15) is 5.82 Å². The molecule has 2 heteroatoms. The fourth-order valence-electron chi connectivity index (χ4n) is 2.54. The maximum absolute atomic E-state index is 13.3. The maximum Gasteiger partial charge on any atom is 0.167 e. The molecule has 3 aromatic carbocycles. The van der Waals surface area contributed by atoms with E-state index >= 15 is 0 Å². The van der Waals surface area contributed by atoms with Crippen LogP contribution in [0.1, 0.15) is 21.5 Å². The summed E-state index contributed by atoms with van der Waals surface area (Å²) in [6.07, 6.45) is 0.326. The number of carbonyl (C=O) groups excluding carboxylic acids is 1. The van der Waals surface area contributed by atoms with Crippen molar-refractivity contribution in [3.63, 3.8) is 0 Å². The SMILES string of the molecule is Cc1cc(C(=O)Cc2cccc3ccccc23)ccc1F. The van der Waals surface area contributed by atoms with Crippen molar-refractivity contribution in [3.8, 4) is 0 Å². The second-order valence-electron chi connectivity index (χ2n) is 5.20. The van der Waals surface area contributed by atoms with Gasteiger partial charge in [-0.15, -0.1) is 0 Å². The smallest absolute Gasteiger partial charge is 0.167 e. The number of hydrogen-bond donors (Lipinski definition) is 0. The average molecular weight is 278 g/mol. The normalized spacial score (nSPS) is 10.8. The fourth-order valence-corrected chi connectivity index (χ4v) is 2.54. The third-order valence-electron chi connectivity index (χ3n) is 3.71. The molecular weight excluding hydrogens is 263 g/mol. The molecule has 3 rings (SSSR count). The molecule has 0 bridgehead atoms. The zero-order valence-corrected chi connectivity index (χ0v) is 11.8. The van der Waals surface area contributed by atoms with Gasteiger partial charge >= 0.3 is 0 Å². The lowest BCUT2D eigenvalue weighted by molar-refractivity contribution is 0.0993. The summed E-state index contributed by atoms with van der Waals surface area (Å²) < 4.78 is 13.3. The highest BCUT2D eigenvalue weighted by molar-refractivity contribution is 6.00. The molecular formula is C19H15FO. The third-order valence-corrected chi connectivity index (χ3v) is 3.71. The van der Waals surface area contributed by atoms with E-state index in [2.05, 4.69) is 0 Å². The van der Waals surface area contributed by atoms with Crippen LogP contribution in [0.3, 0.4) is 0 Å². The third kappa shape index (κ3) is 2.70. The Morgan fingerprint density at radius 3 is 2.57 bits per heavy atom. The lowest BCUT2D eigenvalue weighted by atomic mass is 9.97. The summed E-state index contributed by atoms with van der Waals surface area (Å²) in [6.45, 7) is 1.67. The Kier molecular flexibility index (Phi) is 3.53. The van der Waals surface area contributed by atoms with E-state index in [0.717, 1.165) is 16.3 Å². The number of rotatable bonds is 3. The number of ketones is 1. The van der Waals surface area contributed by atoms with Crippen molar-refractivity contribution in [2.75, 3.05) is 0 Å². The van der Waals surface area contributed by atoms with Crippen LogP contribution in [-0.2, 0) is 6.42 Å². The summed E-state index contributed by atoms with van der Waals surface area (Å²) >= 11 is 0. The molecule has 0 aliphatic heterocycles. The summed E-state index contributed by atoms with van der Waals surface area (Å²) in [7, 11) is 0. The minimum absolute atomic E-state index is 0.00875. The molecule has 21 heavy (non-hydrogen) atoms. The van der Waals surface area contributed by atoms with E-state index in [1.165, 1.54) is 6.07 Å². The van der Waals surface area contributed by atoms with Gasteiger partial charge in [-0.05, 0) is 47.0 Å². The second kappa shape index (κ2) is 5.49. The van der Waals surface area contributed by atoms with Crippen LogP contribution in [0, 0.1) is 12.7 Å². The van der Waals surface area contributed by atoms with Crippen LogP contribution in [0.5, 0.6) is 0 Å². The predicted molar refractivity (Wildman–Crippen MR) is 83.1 cm³/mol. The van der Waals surface area contributed by atoms with E-state index in [1.54, 1.807) is 19.1 Å². The number of benzene rings is 3. The van der Waals surface area contributed by atoms with Gasteiger partial charge in [-0.1, -0.05) is 42.5 Å². The first-order valence-corrected chi connectivity index (χ1v) is 6.91. The highest BCUT2D eigenvalue weighted by atomic mass is 19.1. The van der Waals surface area contributed by atoms with Crippen LogP contribution >= 0.6 is 0 Å². The molecule has 0 aliphatic carbocycles. The summed E-state index contributed by atoms with van der Waals surface area (Å²) in [5.41, 5.74) is 2.06. The fraction of sp³-hybridized carbons (Fsp3) is 0.105. The molecule has 0 spiro atoms. The Hall–Kier alpha value is -2.48. The molecule has 0 atom stereocenters. The number of carbonyl (C=O) groups is 1. The minimum Gasteiger partial charge on any atom is -0.294 e. The minimum atomic E-state index is -0.281. The lowest BCUT2D eigenvalue weighted by Crippen LogP contribution is -2.04. The largest absolute Gasteiger partial charge is 0.294 e. The summed E-state index contributed by atoms with van der Waals surface area (Å²) in [4.78, 5) is 12.4. The van der Waals surface area contributed by atoms with Gasteiger partial charge in [-0.2, -0.15) is 0 Å². The molecule has 0 N–H and O–H groups in total. The van der Waals surface area contributed by atoms with Gasteiger partial charge in [0.05, 0.1) is 0 Å². The van der Waals surface area contributed by atoms with E-state index in [-0.39, 0.29) is 11.6 Å². The van der Waals surface area contributed by atoms with Crippen LogP contribution in [0.2, 0.25) is 0 Å². The summed E-state index contributed by atoms with van der Waals surface area (Å²) in [6, 6.07) is 18.5. The van der Waals surface area contributed by atoms with E-state index < -0.39 is 0 Å². The van der Waals surface area contributed by atoms with Crippen LogP contribution < -0.4 is 0 Å². The summed E-state index contributed by atoms with van der Waals surface area (Å²) in [5, 5.41) is 2.21. The van der Waals surface area contributed by atoms with Crippen molar-refractivity contribution in [1.29, 1.82) is 0 Å². The van der Waals surface area contributed by atoms with Gasteiger partial charge in [-0.25, -0.2) is 4.39 Å². The Morgan fingerprint density at radius 2 is 1.76 bits per heavy atom. The number of aryl methyl sites for hydroxylation is 1. The zero-order chi connectivity index (χ0) is 14.8. The van der Waals surface area contributed by atoms with E-state index in [1.807, 2.05) is 42.5 Å². The molecule has 0 unspecified atom stereocenters. The Bertz CT molecular complexity index is 815.